The minimum atomic E-state index is -0.328. The number of aromatic nitrogens is 2. The standard InChI is InChI=1S/C10H15N5O2S/c1-7(5-15-4-2-3-8(15)16)12-9(17)13-10-14-11-6-18-10/h6-7H,2-5H2,1H3,(H2,12,13,14,17)/t7-/m1/s1. The third kappa shape index (κ3) is 3.39. The molecule has 2 N–H and O–H groups in total. The van der Waals surface area contributed by atoms with Crippen molar-refractivity contribution < 1.29 is 9.59 Å². The molecule has 0 spiro atoms. The second kappa shape index (κ2) is 5.76. The zero-order chi connectivity index (χ0) is 13.0. The molecule has 1 aromatic heterocycles. The van der Waals surface area contributed by atoms with Crippen LogP contribution in [0.3, 0.4) is 0 Å². The Morgan fingerprint density at radius 3 is 3.11 bits per heavy atom. The molecular weight excluding hydrogens is 254 g/mol. The van der Waals surface area contributed by atoms with E-state index in [1.807, 2.05) is 6.92 Å². The van der Waals surface area contributed by atoms with E-state index in [1.165, 1.54) is 11.3 Å². The molecule has 0 aliphatic carbocycles. The highest BCUT2D eigenvalue weighted by atomic mass is 32.1. The predicted octanol–water partition coefficient (Wildman–Crippen LogP) is 0.670. The van der Waals surface area contributed by atoms with Crippen LogP contribution in [0.2, 0.25) is 0 Å². The predicted molar refractivity (Wildman–Crippen MR) is 67.3 cm³/mol. The number of amides is 3. The van der Waals surface area contributed by atoms with Crippen molar-refractivity contribution in [2.75, 3.05) is 18.4 Å². The quantitative estimate of drug-likeness (QED) is 0.841. The number of hydrogen-bond acceptors (Lipinski definition) is 5. The molecule has 0 unspecified atom stereocenters. The summed E-state index contributed by atoms with van der Waals surface area (Å²) in [5.41, 5.74) is 1.54. The molecule has 1 aliphatic heterocycles. The van der Waals surface area contributed by atoms with Gasteiger partial charge in [-0.3, -0.25) is 10.1 Å². The van der Waals surface area contributed by atoms with Gasteiger partial charge >= 0.3 is 6.03 Å². The second-order valence-electron chi connectivity index (χ2n) is 4.19. The fourth-order valence-electron chi connectivity index (χ4n) is 1.86. The zero-order valence-corrected chi connectivity index (χ0v) is 10.9. The smallest absolute Gasteiger partial charge is 0.321 e. The highest BCUT2D eigenvalue weighted by Crippen LogP contribution is 2.10. The van der Waals surface area contributed by atoms with Gasteiger partial charge in [0, 0.05) is 25.6 Å². The average Bonchev–Trinajstić information content (AvgIpc) is 2.91. The van der Waals surface area contributed by atoms with Crippen LogP contribution in [0.1, 0.15) is 19.8 Å². The van der Waals surface area contributed by atoms with Gasteiger partial charge in [-0.15, -0.1) is 10.2 Å². The molecule has 98 valence electrons. The number of anilines is 1. The van der Waals surface area contributed by atoms with Gasteiger partial charge < -0.3 is 10.2 Å². The van der Waals surface area contributed by atoms with E-state index in [-0.39, 0.29) is 18.0 Å². The maximum Gasteiger partial charge on any atom is 0.321 e. The van der Waals surface area contributed by atoms with Gasteiger partial charge in [-0.05, 0) is 13.3 Å². The number of hydrogen-bond donors (Lipinski definition) is 2. The molecule has 8 heteroatoms. The summed E-state index contributed by atoms with van der Waals surface area (Å²) in [6, 6.07) is -0.425. The topological polar surface area (TPSA) is 87.2 Å². The Bertz CT molecular complexity index is 422. The first-order valence-corrected chi connectivity index (χ1v) is 6.64. The van der Waals surface area contributed by atoms with E-state index in [2.05, 4.69) is 20.8 Å². The van der Waals surface area contributed by atoms with Crippen LogP contribution in [-0.2, 0) is 4.79 Å². The van der Waals surface area contributed by atoms with E-state index in [9.17, 15) is 9.59 Å². The summed E-state index contributed by atoms with van der Waals surface area (Å²) in [6.07, 6.45) is 1.52. The monoisotopic (exact) mass is 269 g/mol. The highest BCUT2D eigenvalue weighted by Gasteiger charge is 2.22. The van der Waals surface area contributed by atoms with E-state index in [0.29, 0.717) is 18.1 Å². The lowest BCUT2D eigenvalue weighted by molar-refractivity contribution is -0.127. The Balaban J connectivity index is 1.75. The Labute approximate surface area is 109 Å². The van der Waals surface area contributed by atoms with Crippen molar-refractivity contribution in [1.29, 1.82) is 0 Å². The van der Waals surface area contributed by atoms with E-state index in [0.717, 1.165) is 13.0 Å². The van der Waals surface area contributed by atoms with Crippen LogP contribution in [0, 0.1) is 0 Å². The van der Waals surface area contributed by atoms with Gasteiger partial charge in [0.25, 0.3) is 0 Å². The summed E-state index contributed by atoms with van der Waals surface area (Å²) in [4.78, 5) is 24.8. The van der Waals surface area contributed by atoms with Crippen LogP contribution < -0.4 is 10.6 Å². The van der Waals surface area contributed by atoms with Gasteiger partial charge in [0.2, 0.25) is 11.0 Å². The fraction of sp³-hybridized carbons (Fsp3) is 0.600. The lowest BCUT2D eigenvalue weighted by Crippen LogP contribution is -2.44. The molecule has 0 bridgehead atoms. The largest absolute Gasteiger partial charge is 0.341 e. The summed E-state index contributed by atoms with van der Waals surface area (Å²) in [5.74, 6) is 0.160. The molecule has 2 rings (SSSR count). The number of rotatable bonds is 4. The summed E-state index contributed by atoms with van der Waals surface area (Å²) in [7, 11) is 0. The van der Waals surface area contributed by atoms with Crippen molar-refractivity contribution in [2.24, 2.45) is 0 Å². The molecule has 1 aromatic rings. The maximum absolute atomic E-state index is 11.6. The minimum Gasteiger partial charge on any atom is -0.341 e. The average molecular weight is 269 g/mol. The van der Waals surface area contributed by atoms with Gasteiger partial charge in [-0.1, -0.05) is 11.3 Å². The SMILES string of the molecule is C[C@H](CN1CCCC1=O)NC(=O)Nc1nncs1. The lowest BCUT2D eigenvalue weighted by atomic mass is 10.3. The van der Waals surface area contributed by atoms with E-state index < -0.39 is 0 Å². The number of carbonyl (C=O) groups is 2. The number of nitrogens with zero attached hydrogens (tertiary/aromatic N) is 3. The normalized spacial score (nSPS) is 16.7. The van der Waals surface area contributed by atoms with Crippen LogP contribution in [0.5, 0.6) is 0 Å². The summed E-state index contributed by atoms with van der Waals surface area (Å²) in [6.45, 7) is 3.19. The first kappa shape index (κ1) is 12.7. The first-order chi connectivity index (χ1) is 8.65. The summed E-state index contributed by atoms with van der Waals surface area (Å²) >= 11 is 1.25. The molecule has 2 heterocycles. The van der Waals surface area contributed by atoms with Crippen LogP contribution in [0.4, 0.5) is 9.93 Å². The van der Waals surface area contributed by atoms with E-state index in [1.54, 1.807) is 10.4 Å². The van der Waals surface area contributed by atoms with Crippen molar-refractivity contribution in [3.8, 4) is 0 Å². The first-order valence-electron chi connectivity index (χ1n) is 5.76. The van der Waals surface area contributed by atoms with Crippen molar-refractivity contribution in [3.05, 3.63) is 5.51 Å². The van der Waals surface area contributed by atoms with Gasteiger partial charge in [0.05, 0.1) is 0 Å². The molecule has 1 fully saturated rings. The maximum atomic E-state index is 11.6. The van der Waals surface area contributed by atoms with Gasteiger partial charge in [-0.25, -0.2) is 4.79 Å². The number of urea groups is 1. The highest BCUT2D eigenvalue weighted by molar-refractivity contribution is 7.13. The molecule has 7 nitrogen and oxygen atoms in total. The molecule has 0 aromatic carbocycles. The van der Waals surface area contributed by atoms with Crippen molar-refractivity contribution in [1.82, 2.24) is 20.4 Å². The van der Waals surface area contributed by atoms with Crippen LogP contribution in [0.25, 0.3) is 0 Å². The van der Waals surface area contributed by atoms with Crippen molar-refractivity contribution in [3.63, 3.8) is 0 Å². The van der Waals surface area contributed by atoms with Crippen LogP contribution in [-0.4, -0.2) is 46.2 Å². The molecule has 0 saturated carbocycles. The van der Waals surface area contributed by atoms with Gasteiger partial charge in [-0.2, -0.15) is 0 Å². The zero-order valence-electron chi connectivity index (χ0n) is 10.0. The number of carbonyl (C=O) groups excluding carboxylic acids is 2. The fourth-order valence-corrected chi connectivity index (χ4v) is 2.30. The molecule has 0 radical (unpaired) electrons. The van der Waals surface area contributed by atoms with Crippen molar-refractivity contribution in [2.45, 2.75) is 25.8 Å². The molecule has 1 saturated heterocycles. The third-order valence-corrected chi connectivity index (χ3v) is 3.23. The molecule has 1 aliphatic rings. The minimum absolute atomic E-state index is 0.0972. The molecule has 1 atom stereocenters. The van der Waals surface area contributed by atoms with E-state index in [4.69, 9.17) is 0 Å². The summed E-state index contributed by atoms with van der Waals surface area (Å²) < 4.78 is 0. The number of likely N-dealkylation sites (tertiary alicyclic amines) is 1. The Morgan fingerprint density at radius 2 is 2.50 bits per heavy atom. The van der Waals surface area contributed by atoms with Crippen molar-refractivity contribution >= 4 is 28.4 Å². The Morgan fingerprint density at radius 1 is 1.67 bits per heavy atom. The Hall–Kier alpha value is -1.70. The number of nitrogens with one attached hydrogen (secondary N) is 2. The second-order valence-corrected chi connectivity index (χ2v) is 5.02. The molecular formula is C10H15N5O2S. The Kier molecular flexibility index (Phi) is 4.08. The molecule has 3 amide bonds. The van der Waals surface area contributed by atoms with Gasteiger partial charge in [0.15, 0.2) is 0 Å². The third-order valence-electron chi connectivity index (χ3n) is 2.62. The van der Waals surface area contributed by atoms with Gasteiger partial charge in [0.1, 0.15) is 5.51 Å². The lowest BCUT2D eigenvalue weighted by Gasteiger charge is -2.21. The van der Waals surface area contributed by atoms with Crippen LogP contribution >= 0.6 is 11.3 Å². The molecule has 18 heavy (non-hydrogen) atoms. The summed E-state index contributed by atoms with van der Waals surface area (Å²) in [5, 5.41) is 13.1. The van der Waals surface area contributed by atoms with E-state index >= 15 is 0 Å². The van der Waals surface area contributed by atoms with Crippen LogP contribution in [0.15, 0.2) is 5.51 Å².